The van der Waals surface area contributed by atoms with E-state index in [-0.39, 0.29) is 7.43 Å². The zero-order valence-corrected chi connectivity index (χ0v) is 9.41. The summed E-state index contributed by atoms with van der Waals surface area (Å²) in [5.74, 6) is 0. The minimum atomic E-state index is 0. The summed E-state index contributed by atoms with van der Waals surface area (Å²) >= 11 is 0. The van der Waals surface area contributed by atoms with E-state index in [4.69, 9.17) is 0 Å². The van der Waals surface area contributed by atoms with Crippen LogP contribution in [0.4, 0.5) is 0 Å². The smallest absolute Gasteiger partial charge is 0.0346 e. The maximum atomic E-state index is 4.14. The van der Waals surface area contributed by atoms with E-state index in [9.17, 15) is 0 Å². The Labute approximate surface area is 98.2 Å². The second-order valence-corrected chi connectivity index (χ2v) is 3.98. The molecule has 1 heterocycles. The van der Waals surface area contributed by atoms with E-state index in [1.54, 1.807) is 6.20 Å². The molecule has 0 aliphatic carbocycles. The Morgan fingerprint density at radius 1 is 0.938 bits per heavy atom. The molecule has 1 aromatic carbocycles. The lowest BCUT2D eigenvalue weighted by molar-refractivity contribution is 1.26. The van der Waals surface area contributed by atoms with Crippen LogP contribution < -0.4 is 0 Å². The molecule has 0 unspecified atom stereocenters. The molecule has 0 saturated heterocycles. The van der Waals surface area contributed by atoms with Crippen molar-refractivity contribution in [2.45, 2.75) is 28.2 Å². The van der Waals surface area contributed by atoms with Crippen molar-refractivity contribution in [2.24, 2.45) is 0 Å². The highest BCUT2D eigenvalue weighted by atomic mass is 14.6. The van der Waals surface area contributed by atoms with E-state index in [1.165, 1.54) is 27.8 Å². The van der Waals surface area contributed by atoms with Gasteiger partial charge in [-0.15, -0.1) is 0 Å². The molecule has 0 N–H and O–H groups in total. The summed E-state index contributed by atoms with van der Waals surface area (Å²) in [4.78, 5) is 4.14. The van der Waals surface area contributed by atoms with Gasteiger partial charge in [-0.05, 0) is 49.1 Å². The third-order valence-corrected chi connectivity index (χ3v) is 2.92. The number of rotatable bonds is 1. The predicted molar refractivity (Wildman–Crippen MR) is 70.6 cm³/mol. The first-order chi connectivity index (χ1) is 7.18. The fourth-order valence-electron chi connectivity index (χ4n) is 1.74. The molecule has 0 amide bonds. The number of benzene rings is 1. The summed E-state index contributed by atoms with van der Waals surface area (Å²) in [6.07, 6.45) is 3.71. The molecule has 0 fully saturated rings. The van der Waals surface area contributed by atoms with Crippen molar-refractivity contribution in [2.75, 3.05) is 0 Å². The number of nitrogens with zero attached hydrogens (tertiary/aromatic N) is 1. The molecule has 0 atom stereocenters. The van der Waals surface area contributed by atoms with Crippen molar-refractivity contribution in [3.63, 3.8) is 0 Å². The summed E-state index contributed by atoms with van der Waals surface area (Å²) in [6.45, 7) is 6.47. The van der Waals surface area contributed by atoms with Crippen LogP contribution >= 0.6 is 0 Å². The minimum Gasteiger partial charge on any atom is -0.264 e. The fourth-order valence-corrected chi connectivity index (χ4v) is 1.74. The summed E-state index contributed by atoms with van der Waals surface area (Å²) in [5.41, 5.74) is 6.50. The molecule has 0 spiro atoms. The highest BCUT2D eigenvalue weighted by molar-refractivity contribution is 5.65. The summed E-state index contributed by atoms with van der Waals surface area (Å²) in [5, 5.41) is 0. The SMILES string of the molecule is C.Cc1cc(-c2cccnc2)cc(C)c1C. The van der Waals surface area contributed by atoms with Gasteiger partial charge in [-0.3, -0.25) is 4.98 Å². The van der Waals surface area contributed by atoms with E-state index < -0.39 is 0 Å². The molecule has 2 aromatic rings. The molecular weight excluding hydrogens is 194 g/mol. The van der Waals surface area contributed by atoms with Gasteiger partial charge in [-0.1, -0.05) is 25.6 Å². The second kappa shape index (κ2) is 4.93. The highest BCUT2D eigenvalue weighted by Crippen LogP contribution is 2.23. The van der Waals surface area contributed by atoms with Crippen molar-refractivity contribution in [3.8, 4) is 11.1 Å². The molecule has 1 heteroatoms. The van der Waals surface area contributed by atoms with Crippen molar-refractivity contribution >= 4 is 0 Å². The van der Waals surface area contributed by atoms with Crippen molar-refractivity contribution in [1.82, 2.24) is 4.98 Å². The lowest BCUT2D eigenvalue weighted by Gasteiger charge is -2.08. The standard InChI is InChI=1S/C14H15N.CH4/c1-10-7-14(8-11(2)12(10)3)13-5-4-6-15-9-13;/h4-9H,1-3H3;1H4. The normalized spacial score (nSPS) is 9.69. The Balaban J connectivity index is 0.00000128. The molecule has 0 bridgehead atoms. The van der Waals surface area contributed by atoms with Gasteiger partial charge in [0.05, 0.1) is 0 Å². The van der Waals surface area contributed by atoms with Gasteiger partial charge in [0.15, 0.2) is 0 Å². The first-order valence-corrected chi connectivity index (χ1v) is 5.17. The second-order valence-electron chi connectivity index (χ2n) is 3.98. The van der Waals surface area contributed by atoms with Crippen LogP contribution in [0.2, 0.25) is 0 Å². The van der Waals surface area contributed by atoms with E-state index in [0.29, 0.717) is 0 Å². The summed E-state index contributed by atoms with van der Waals surface area (Å²) < 4.78 is 0. The van der Waals surface area contributed by atoms with E-state index in [1.807, 2.05) is 12.3 Å². The van der Waals surface area contributed by atoms with Gasteiger partial charge in [0.2, 0.25) is 0 Å². The van der Waals surface area contributed by atoms with Crippen molar-refractivity contribution < 1.29 is 0 Å². The summed E-state index contributed by atoms with van der Waals surface area (Å²) in [7, 11) is 0. The fraction of sp³-hybridized carbons (Fsp3) is 0.267. The van der Waals surface area contributed by atoms with Crippen LogP contribution in [0.25, 0.3) is 11.1 Å². The number of hydrogen-bond donors (Lipinski definition) is 0. The van der Waals surface area contributed by atoms with Crippen LogP contribution in [0.15, 0.2) is 36.7 Å². The predicted octanol–water partition coefficient (Wildman–Crippen LogP) is 4.31. The number of aromatic nitrogens is 1. The van der Waals surface area contributed by atoms with Gasteiger partial charge in [-0.25, -0.2) is 0 Å². The lowest BCUT2D eigenvalue weighted by atomic mass is 9.97. The molecule has 2 rings (SSSR count). The van der Waals surface area contributed by atoms with Gasteiger partial charge >= 0.3 is 0 Å². The quantitative estimate of drug-likeness (QED) is 0.688. The molecule has 1 nitrogen and oxygen atoms in total. The Hall–Kier alpha value is -1.63. The zero-order chi connectivity index (χ0) is 10.8. The van der Waals surface area contributed by atoms with Crippen LogP contribution in [0.1, 0.15) is 24.1 Å². The Morgan fingerprint density at radius 3 is 2.06 bits per heavy atom. The molecule has 0 radical (unpaired) electrons. The third-order valence-electron chi connectivity index (χ3n) is 2.92. The molecule has 84 valence electrons. The van der Waals surface area contributed by atoms with Crippen LogP contribution in [0.3, 0.4) is 0 Å². The van der Waals surface area contributed by atoms with Crippen LogP contribution in [-0.4, -0.2) is 4.98 Å². The Morgan fingerprint density at radius 2 is 1.56 bits per heavy atom. The molecule has 16 heavy (non-hydrogen) atoms. The number of hydrogen-bond acceptors (Lipinski definition) is 1. The van der Waals surface area contributed by atoms with E-state index >= 15 is 0 Å². The number of aryl methyl sites for hydroxylation is 2. The monoisotopic (exact) mass is 213 g/mol. The van der Waals surface area contributed by atoms with Gasteiger partial charge in [0, 0.05) is 18.0 Å². The molecule has 0 aliphatic heterocycles. The largest absolute Gasteiger partial charge is 0.264 e. The average molecular weight is 213 g/mol. The molecular formula is C15H19N. The zero-order valence-electron chi connectivity index (χ0n) is 9.41. The number of pyridine rings is 1. The Bertz CT molecular complexity index is 449. The summed E-state index contributed by atoms with van der Waals surface area (Å²) in [6, 6.07) is 8.51. The van der Waals surface area contributed by atoms with Gasteiger partial charge in [0.25, 0.3) is 0 Å². The maximum absolute atomic E-state index is 4.14. The Kier molecular flexibility index (Phi) is 3.83. The lowest BCUT2D eigenvalue weighted by Crippen LogP contribution is -1.88. The van der Waals surface area contributed by atoms with Gasteiger partial charge in [0.1, 0.15) is 0 Å². The van der Waals surface area contributed by atoms with Gasteiger partial charge < -0.3 is 0 Å². The minimum absolute atomic E-state index is 0. The van der Waals surface area contributed by atoms with Crippen molar-refractivity contribution in [1.29, 1.82) is 0 Å². The van der Waals surface area contributed by atoms with E-state index in [0.717, 1.165) is 0 Å². The van der Waals surface area contributed by atoms with Crippen LogP contribution in [0, 0.1) is 20.8 Å². The van der Waals surface area contributed by atoms with Crippen LogP contribution in [-0.2, 0) is 0 Å². The maximum Gasteiger partial charge on any atom is 0.0346 e. The van der Waals surface area contributed by atoms with Crippen LogP contribution in [0.5, 0.6) is 0 Å². The van der Waals surface area contributed by atoms with E-state index in [2.05, 4.69) is 44.0 Å². The third kappa shape index (κ3) is 2.30. The van der Waals surface area contributed by atoms with Crippen molar-refractivity contribution in [3.05, 3.63) is 53.3 Å². The molecule has 0 aliphatic rings. The first-order valence-electron chi connectivity index (χ1n) is 5.17. The van der Waals surface area contributed by atoms with Gasteiger partial charge in [-0.2, -0.15) is 0 Å². The molecule has 1 aromatic heterocycles. The first kappa shape index (κ1) is 12.4. The topological polar surface area (TPSA) is 12.9 Å². The highest BCUT2D eigenvalue weighted by Gasteiger charge is 2.02. The molecule has 0 saturated carbocycles. The average Bonchev–Trinajstić information content (AvgIpc) is 2.26.